The van der Waals surface area contributed by atoms with Crippen LogP contribution in [0, 0.1) is 11.3 Å². The van der Waals surface area contributed by atoms with Gasteiger partial charge in [-0.15, -0.1) is 0 Å². The Morgan fingerprint density at radius 1 is 1.41 bits per heavy atom. The lowest BCUT2D eigenvalue weighted by molar-refractivity contribution is -0.112. The number of ether oxygens (including phenoxy) is 2. The lowest BCUT2D eigenvalue weighted by Crippen LogP contribution is -2.18. The maximum atomic E-state index is 12.1. The summed E-state index contributed by atoms with van der Waals surface area (Å²) in [6.07, 6.45) is 2.22. The van der Waals surface area contributed by atoms with Crippen molar-refractivity contribution in [3.8, 4) is 11.8 Å². The van der Waals surface area contributed by atoms with Gasteiger partial charge in [-0.3, -0.25) is 4.79 Å². The van der Waals surface area contributed by atoms with Crippen molar-refractivity contribution in [1.29, 1.82) is 5.26 Å². The zero-order valence-corrected chi connectivity index (χ0v) is 12.9. The molecule has 0 aromatic heterocycles. The first-order valence-electron chi connectivity index (χ1n) is 7.08. The smallest absolute Gasteiger partial charge is 0.267 e. The van der Waals surface area contributed by atoms with E-state index in [0.717, 1.165) is 6.42 Å². The van der Waals surface area contributed by atoms with Gasteiger partial charge in [-0.2, -0.15) is 5.26 Å². The molecule has 118 valence electrons. The average molecular weight is 303 g/mol. The van der Waals surface area contributed by atoms with Crippen molar-refractivity contribution in [2.75, 3.05) is 32.2 Å². The maximum absolute atomic E-state index is 12.1. The molecule has 0 heterocycles. The Labute approximate surface area is 130 Å². The number of anilines is 1. The van der Waals surface area contributed by atoms with Crippen LogP contribution in [0.3, 0.4) is 0 Å². The fraction of sp³-hybridized carbons (Fsp3) is 0.375. The molecule has 22 heavy (non-hydrogen) atoms. The highest BCUT2D eigenvalue weighted by molar-refractivity contribution is 6.07. The molecule has 0 saturated carbocycles. The quantitative estimate of drug-likeness (QED) is 0.414. The van der Waals surface area contributed by atoms with Crippen LogP contribution < -0.4 is 15.4 Å². The summed E-state index contributed by atoms with van der Waals surface area (Å²) in [6, 6.07) is 8.90. The maximum Gasteiger partial charge on any atom is 0.267 e. The lowest BCUT2D eigenvalue weighted by atomic mass is 10.2. The summed E-state index contributed by atoms with van der Waals surface area (Å²) in [4.78, 5) is 12.1. The molecule has 0 atom stereocenters. The standard InChI is InChI=1S/C16H21N3O3/c1-3-22-10-6-9-18-12-13(11-17)16(20)19-14-7-4-5-8-15(14)21-2/h4-5,7-8,12,18H,3,6,9-10H2,1-2H3,(H,19,20)/b13-12-. The largest absolute Gasteiger partial charge is 0.495 e. The predicted octanol–water partition coefficient (Wildman–Crippen LogP) is 2.06. The molecule has 0 fully saturated rings. The molecule has 6 heteroatoms. The summed E-state index contributed by atoms with van der Waals surface area (Å²) in [7, 11) is 1.52. The van der Waals surface area contributed by atoms with Crippen molar-refractivity contribution in [2.24, 2.45) is 0 Å². The first-order chi connectivity index (χ1) is 10.7. The molecule has 0 aliphatic rings. The van der Waals surface area contributed by atoms with Crippen molar-refractivity contribution < 1.29 is 14.3 Å². The molecule has 0 saturated heterocycles. The molecular formula is C16H21N3O3. The molecule has 0 radical (unpaired) electrons. The summed E-state index contributed by atoms with van der Waals surface area (Å²) in [6.45, 7) is 3.89. The summed E-state index contributed by atoms with van der Waals surface area (Å²) in [5.74, 6) is 0.0575. The molecule has 1 aromatic rings. The minimum atomic E-state index is -0.482. The van der Waals surface area contributed by atoms with E-state index in [1.54, 1.807) is 24.3 Å². The van der Waals surface area contributed by atoms with Crippen molar-refractivity contribution >= 4 is 11.6 Å². The Morgan fingerprint density at radius 3 is 2.86 bits per heavy atom. The molecule has 1 rings (SSSR count). The molecule has 0 spiro atoms. The number of nitrogens with zero attached hydrogens (tertiary/aromatic N) is 1. The number of para-hydroxylation sites is 2. The van der Waals surface area contributed by atoms with Crippen LogP contribution in [-0.2, 0) is 9.53 Å². The second kappa shape index (κ2) is 10.2. The number of hydrogen-bond donors (Lipinski definition) is 2. The molecule has 6 nitrogen and oxygen atoms in total. The third kappa shape index (κ3) is 5.85. The average Bonchev–Trinajstić information content (AvgIpc) is 2.54. The van der Waals surface area contributed by atoms with Gasteiger partial charge in [0.05, 0.1) is 12.8 Å². The number of carbonyl (C=O) groups excluding carboxylic acids is 1. The Kier molecular flexibility index (Phi) is 8.16. The number of benzene rings is 1. The van der Waals surface area contributed by atoms with Crippen LogP contribution in [0.15, 0.2) is 36.0 Å². The molecule has 0 unspecified atom stereocenters. The fourth-order valence-electron chi connectivity index (χ4n) is 1.68. The number of amides is 1. The summed E-state index contributed by atoms with van der Waals surface area (Å²) < 4.78 is 10.3. The fourth-order valence-corrected chi connectivity index (χ4v) is 1.68. The molecular weight excluding hydrogens is 282 g/mol. The molecule has 0 aliphatic carbocycles. The number of rotatable bonds is 9. The third-order valence-electron chi connectivity index (χ3n) is 2.78. The normalized spacial score (nSPS) is 10.7. The van der Waals surface area contributed by atoms with Gasteiger partial charge >= 0.3 is 0 Å². The van der Waals surface area contributed by atoms with Crippen molar-refractivity contribution in [1.82, 2.24) is 5.32 Å². The van der Waals surface area contributed by atoms with E-state index in [1.165, 1.54) is 13.3 Å². The Bertz CT molecular complexity index is 550. The highest BCUT2D eigenvalue weighted by atomic mass is 16.5. The summed E-state index contributed by atoms with van der Waals surface area (Å²) >= 11 is 0. The van der Waals surface area contributed by atoms with Gasteiger partial charge in [0, 0.05) is 26.0 Å². The van der Waals surface area contributed by atoms with Crippen LogP contribution in [0.25, 0.3) is 0 Å². The number of nitriles is 1. The summed E-state index contributed by atoms with van der Waals surface area (Å²) in [5, 5.41) is 14.7. The van der Waals surface area contributed by atoms with Crippen LogP contribution in [0.5, 0.6) is 5.75 Å². The summed E-state index contributed by atoms with van der Waals surface area (Å²) in [5.41, 5.74) is 0.523. The van der Waals surface area contributed by atoms with Gasteiger partial charge in [0.2, 0.25) is 0 Å². The van der Waals surface area contributed by atoms with Crippen LogP contribution in [0.1, 0.15) is 13.3 Å². The van der Waals surface area contributed by atoms with Gasteiger partial charge in [0.25, 0.3) is 5.91 Å². The van der Waals surface area contributed by atoms with E-state index >= 15 is 0 Å². The number of carbonyl (C=O) groups is 1. The zero-order valence-electron chi connectivity index (χ0n) is 12.9. The molecule has 1 amide bonds. The van der Waals surface area contributed by atoms with Gasteiger partial charge in [0.15, 0.2) is 0 Å². The van der Waals surface area contributed by atoms with Gasteiger partial charge in [-0.05, 0) is 25.5 Å². The zero-order chi connectivity index (χ0) is 16.2. The highest BCUT2D eigenvalue weighted by Crippen LogP contribution is 2.23. The van der Waals surface area contributed by atoms with Crippen LogP contribution in [0.2, 0.25) is 0 Å². The van der Waals surface area contributed by atoms with E-state index in [2.05, 4.69) is 10.6 Å². The van der Waals surface area contributed by atoms with Crippen molar-refractivity contribution in [2.45, 2.75) is 13.3 Å². The minimum absolute atomic E-state index is 0.00214. The Balaban J connectivity index is 2.55. The Hall–Kier alpha value is -2.52. The van der Waals surface area contributed by atoms with Crippen molar-refractivity contribution in [3.63, 3.8) is 0 Å². The topological polar surface area (TPSA) is 83.4 Å². The van der Waals surface area contributed by atoms with Gasteiger partial charge < -0.3 is 20.1 Å². The van der Waals surface area contributed by atoms with Gasteiger partial charge in [-0.1, -0.05) is 12.1 Å². The predicted molar refractivity (Wildman–Crippen MR) is 84.4 cm³/mol. The molecule has 2 N–H and O–H groups in total. The molecule has 0 bridgehead atoms. The first kappa shape index (κ1) is 17.5. The van der Waals surface area contributed by atoms with Crippen LogP contribution in [0.4, 0.5) is 5.69 Å². The molecule has 0 aliphatic heterocycles. The van der Waals surface area contributed by atoms with E-state index in [0.29, 0.717) is 31.2 Å². The van der Waals surface area contributed by atoms with Crippen molar-refractivity contribution in [3.05, 3.63) is 36.0 Å². The number of nitrogens with one attached hydrogen (secondary N) is 2. The SMILES string of the molecule is CCOCCCN/C=C(/C#N)C(=O)Nc1ccccc1OC. The second-order valence-electron chi connectivity index (χ2n) is 4.33. The number of methoxy groups -OCH3 is 1. The Morgan fingerprint density at radius 2 is 2.18 bits per heavy atom. The second-order valence-corrected chi connectivity index (χ2v) is 4.33. The van der Waals surface area contributed by atoms with E-state index in [9.17, 15) is 4.79 Å². The van der Waals surface area contributed by atoms with E-state index in [4.69, 9.17) is 14.7 Å². The first-order valence-corrected chi connectivity index (χ1v) is 7.08. The van der Waals surface area contributed by atoms with Crippen LogP contribution in [-0.4, -0.2) is 32.8 Å². The van der Waals surface area contributed by atoms with E-state index in [1.807, 2.05) is 13.0 Å². The van der Waals surface area contributed by atoms with Gasteiger partial charge in [0.1, 0.15) is 17.4 Å². The monoisotopic (exact) mass is 303 g/mol. The lowest BCUT2D eigenvalue weighted by Gasteiger charge is -2.09. The van der Waals surface area contributed by atoms with Gasteiger partial charge in [-0.25, -0.2) is 0 Å². The highest BCUT2D eigenvalue weighted by Gasteiger charge is 2.11. The van der Waals surface area contributed by atoms with E-state index < -0.39 is 5.91 Å². The van der Waals surface area contributed by atoms with Crippen LogP contribution >= 0.6 is 0 Å². The molecule has 1 aromatic carbocycles. The number of hydrogen-bond acceptors (Lipinski definition) is 5. The third-order valence-corrected chi connectivity index (χ3v) is 2.78. The van der Waals surface area contributed by atoms with E-state index in [-0.39, 0.29) is 5.57 Å². The minimum Gasteiger partial charge on any atom is -0.495 e.